The maximum Gasteiger partial charge on any atom is 0.344 e. The van der Waals surface area contributed by atoms with Crippen molar-refractivity contribution in [3.8, 4) is 0 Å². The first-order chi connectivity index (χ1) is 10.1. The summed E-state index contributed by atoms with van der Waals surface area (Å²) in [6, 6.07) is 10.5. The zero-order chi connectivity index (χ0) is 15.0. The Kier molecular flexibility index (Phi) is 3.02. The lowest BCUT2D eigenvalue weighted by Crippen LogP contribution is -2.00. The second-order valence-electron chi connectivity index (χ2n) is 4.49. The van der Waals surface area contributed by atoms with Gasteiger partial charge in [0, 0.05) is 5.56 Å². The van der Waals surface area contributed by atoms with Crippen molar-refractivity contribution in [1.82, 2.24) is 0 Å². The summed E-state index contributed by atoms with van der Waals surface area (Å²) in [4.78, 5) is 22.6. The average molecular weight is 284 g/mol. The molecule has 0 amide bonds. The SMILES string of the molecule is O=C(O)c1cc(/C=C2\OC(=O)c3ccccc32)ccc1F. The zero-order valence-electron chi connectivity index (χ0n) is 10.7. The smallest absolute Gasteiger partial charge is 0.344 e. The fourth-order valence-corrected chi connectivity index (χ4v) is 2.14. The number of hydrogen-bond donors (Lipinski definition) is 1. The van der Waals surface area contributed by atoms with Gasteiger partial charge in [0.05, 0.1) is 11.1 Å². The molecule has 5 heteroatoms. The highest BCUT2D eigenvalue weighted by Crippen LogP contribution is 2.31. The Labute approximate surface area is 119 Å². The highest BCUT2D eigenvalue weighted by Gasteiger charge is 2.25. The Morgan fingerprint density at radius 3 is 2.57 bits per heavy atom. The summed E-state index contributed by atoms with van der Waals surface area (Å²) in [7, 11) is 0. The summed E-state index contributed by atoms with van der Waals surface area (Å²) in [6.45, 7) is 0. The number of carbonyl (C=O) groups excluding carboxylic acids is 1. The standard InChI is InChI=1S/C16H9FO4/c17-13-6-5-9(7-12(13)15(18)19)8-14-10-3-1-2-4-11(10)16(20)21-14/h1-8H,(H,18,19)/b14-8-. The van der Waals surface area contributed by atoms with E-state index in [1.54, 1.807) is 24.3 Å². The van der Waals surface area contributed by atoms with Crippen molar-refractivity contribution in [2.75, 3.05) is 0 Å². The topological polar surface area (TPSA) is 63.6 Å². The first-order valence-electron chi connectivity index (χ1n) is 6.12. The van der Waals surface area contributed by atoms with Crippen molar-refractivity contribution in [2.24, 2.45) is 0 Å². The number of hydrogen-bond acceptors (Lipinski definition) is 3. The summed E-state index contributed by atoms with van der Waals surface area (Å²) >= 11 is 0. The van der Waals surface area contributed by atoms with E-state index in [2.05, 4.69) is 0 Å². The second-order valence-corrected chi connectivity index (χ2v) is 4.49. The van der Waals surface area contributed by atoms with E-state index < -0.39 is 23.3 Å². The third-order valence-electron chi connectivity index (χ3n) is 3.13. The number of aromatic carboxylic acids is 1. The lowest BCUT2D eigenvalue weighted by Gasteiger charge is -2.02. The zero-order valence-corrected chi connectivity index (χ0v) is 10.7. The van der Waals surface area contributed by atoms with Crippen LogP contribution in [0.2, 0.25) is 0 Å². The fraction of sp³-hybridized carbons (Fsp3) is 0. The van der Waals surface area contributed by atoms with Crippen molar-refractivity contribution in [2.45, 2.75) is 0 Å². The second kappa shape index (κ2) is 4.86. The quantitative estimate of drug-likeness (QED) is 0.860. The Hall–Kier alpha value is -2.95. The first-order valence-corrected chi connectivity index (χ1v) is 6.12. The number of fused-ring (bicyclic) bond motifs is 1. The highest BCUT2D eigenvalue weighted by atomic mass is 19.1. The number of benzene rings is 2. The number of cyclic esters (lactones) is 1. The molecule has 1 N–H and O–H groups in total. The third kappa shape index (κ3) is 2.29. The normalized spacial score (nSPS) is 14.9. The molecule has 0 spiro atoms. The molecule has 0 unspecified atom stereocenters. The third-order valence-corrected chi connectivity index (χ3v) is 3.13. The van der Waals surface area contributed by atoms with Crippen LogP contribution < -0.4 is 0 Å². The monoisotopic (exact) mass is 284 g/mol. The molecule has 1 aliphatic rings. The molecule has 4 nitrogen and oxygen atoms in total. The first kappa shape index (κ1) is 13.1. The molecule has 0 bridgehead atoms. The van der Waals surface area contributed by atoms with Gasteiger partial charge in [-0.3, -0.25) is 0 Å². The van der Waals surface area contributed by atoms with Gasteiger partial charge in [0.2, 0.25) is 0 Å². The summed E-state index contributed by atoms with van der Waals surface area (Å²) in [5.41, 5.74) is 1.09. The molecule has 2 aromatic carbocycles. The van der Waals surface area contributed by atoms with E-state index in [1.165, 1.54) is 18.2 Å². The largest absolute Gasteiger partial charge is 0.478 e. The average Bonchev–Trinajstić information content (AvgIpc) is 2.78. The van der Waals surface area contributed by atoms with Gasteiger partial charge in [-0.15, -0.1) is 0 Å². The van der Waals surface area contributed by atoms with Gasteiger partial charge in [-0.25, -0.2) is 14.0 Å². The Morgan fingerprint density at radius 2 is 1.86 bits per heavy atom. The number of carbonyl (C=O) groups is 2. The van der Waals surface area contributed by atoms with Gasteiger partial charge in [-0.1, -0.05) is 24.3 Å². The van der Waals surface area contributed by atoms with Gasteiger partial charge < -0.3 is 9.84 Å². The fourth-order valence-electron chi connectivity index (χ4n) is 2.14. The maximum absolute atomic E-state index is 13.3. The van der Waals surface area contributed by atoms with Crippen LogP contribution in [0.5, 0.6) is 0 Å². The van der Waals surface area contributed by atoms with Crippen molar-refractivity contribution in [1.29, 1.82) is 0 Å². The van der Waals surface area contributed by atoms with Crippen LogP contribution in [-0.2, 0) is 4.74 Å². The van der Waals surface area contributed by atoms with E-state index in [0.29, 0.717) is 22.4 Å². The lowest BCUT2D eigenvalue weighted by atomic mass is 10.1. The van der Waals surface area contributed by atoms with Crippen LogP contribution >= 0.6 is 0 Å². The molecular formula is C16H9FO4. The highest BCUT2D eigenvalue weighted by molar-refractivity contribution is 6.05. The number of carboxylic acids is 1. The van der Waals surface area contributed by atoms with Crippen molar-refractivity contribution >= 4 is 23.8 Å². The van der Waals surface area contributed by atoms with E-state index in [4.69, 9.17) is 9.84 Å². The van der Waals surface area contributed by atoms with E-state index in [9.17, 15) is 14.0 Å². The van der Waals surface area contributed by atoms with Crippen LogP contribution in [0.25, 0.3) is 11.8 Å². The van der Waals surface area contributed by atoms with Crippen LogP contribution in [0.4, 0.5) is 4.39 Å². The number of rotatable bonds is 2. The molecular weight excluding hydrogens is 275 g/mol. The van der Waals surface area contributed by atoms with E-state index >= 15 is 0 Å². The van der Waals surface area contributed by atoms with E-state index in [1.807, 2.05) is 0 Å². The number of carboxylic acid groups (broad SMARTS) is 1. The van der Waals surface area contributed by atoms with Crippen molar-refractivity contribution in [3.63, 3.8) is 0 Å². The van der Waals surface area contributed by atoms with E-state index in [0.717, 1.165) is 6.07 Å². The van der Waals surface area contributed by atoms with Crippen molar-refractivity contribution in [3.05, 3.63) is 70.5 Å². The summed E-state index contributed by atoms with van der Waals surface area (Å²) in [6.07, 6.45) is 1.51. The van der Waals surface area contributed by atoms with Gasteiger partial charge >= 0.3 is 11.9 Å². The van der Waals surface area contributed by atoms with Crippen LogP contribution in [-0.4, -0.2) is 17.0 Å². The molecule has 0 aromatic heterocycles. The summed E-state index contributed by atoms with van der Waals surface area (Å²) in [5.74, 6) is -2.30. The molecule has 21 heavy (non-hydrogen) atoms. The molecule has 0 saturated carbocycles. The Balaban J connectivity index is 2.06. The lowest BCUT2D eigenvalue weighted by molar-refractivity contribution is 0.0687. The van der Waals surface area contributed by atoms with Gasteiger partial charge in [-0.2, -0.15) is 0 Å². The molecule has 1 heterocycles. The molecule has 0 saturated heterocycles. The summed E-state index contributed by atoms with van der Waals surface area (Å²) < 4.78 is 18.5. The van der Waals surface area contributed by atoms with Crippen LogP contribution in [0.15, 0.2) is 42.5 Å². The van der Waals surface area contributed by atoms with Crippen molar-refractivity contribution < 1.29 is 23.8 Å². The van der Waals surface area contributed by atoms with Gasteiger partial charge in [0.1, 0.15) is 11.6 Å². The van der Waals surface area contributed by atoms with Crippen LogP contribution in [0, 0.1) is 5.82 Å². The van der Waals surface area contributed by atoms with Gasteiger partial charge in [0.15, 0.2) is 0 Å². The van der Waals surface area contributed by atoms with Gasteiger partial charge in [0.25, 0.3) is 0 Å². The van der Waals surface area contributed by atoms with E-state index in [-0.39, 0.29) is 0 Å². The molecule has 3 rings (SSSR count). The molecule has 2 aromatic rings. The molecule has 0 fully saturated rings. The minimum atomic E-state index is -1.35. The molecule has 0 radical (unpaired) electrons. The summed E-state index contributed by atoms with van der Waals surface area (Å²) in [5, 5.41) is 8.90. The molecule has 0 aliphatic carbocycles. The number of halogens is 1. The Bertz CT molecular complexity index is 793. The molecule has 1 aliphatic heterocycles. The molecule has 0 atom stereocenters. The minimum absolute atomic E-state index is 0.318. The Morgan fingerprint density at radius 1 is 1.14 bits per heavy atom. The predicted molar refractivity (Wildman–Crippen MR) is 73.1 cm³/mol. The number of ether oxygens (including phenoxy) is 1. The molecule has 104 valence electrons. The minimum Gasteiger partial charge on any atom is -0.478 e. The predicted octanol–water partition coefficient (Wildman–Crippen LogP) is 3.19. The van der Waals surface area contributed by atoms with Crippen LogP contribution in [0.1, 0.15) is 31.8 Å². The maximum atomic E-state index is 13.3. The van der Waals surface area contributed by atoms with Gasteiger partial charge in [-0.05, 0) is 29.8 Å². The number of esters is 1. The van der Waals surface area contributed by atoms with Crippen LogP contribution in [0.3, 0.4) is 0 Å².